The molecule has 0 saturated heterocycles. The number of aromatic nitrogens is 4. The Labute approximate surface area is 102 Å². The molecule has 0 atom stereocenters. The summed E-state index contributed by atoms with van der Waals surface area (Å²) in [4.78, 5) is 26.3. The van der Waals surface area contributed by atoms with E-state index in [4.69, 9.17) is 11.6 Å². The van der Waals surface area contributed by atoms with Crippen LogP contribution in [-0.2, 0) is 6.54 Å². The van der Waals surface area contributed by atoms with Crippen LogP contribution in [0.5, 0.6) is 0 Å². The molecule has 2 aromatic heterocycles. The number of carbonyl (C=O) groups is 1. The summed E-state index contributed by atoms with van der Waals surface area (Å²) in [5.41, 5.74) is 1.02. The van der Waals surface area contributed by atoms with Crippen LogP contribution in [0.1, 0.15) is 16.1 Å². The van der Waals surface area contributed by atoms with Crippen LogP contribution in [-0.4, -0.2) is 26.2 Å². The number of anilines is 1. The van der Waals surface area contributed by atoms with Gasteiger partial charge in [-0.2, -0.15) is 0 Å². The van der Waals surface area contributed by atoms with Gasteiger partial charge in [0, 0.05) is 6.20 Å². The molecule has 0 radical (unpaired) electrons. The molecule has 0 aromatic carbocycles. The van der Waals surface area contributed by atoms with Crippen molar-refractivity contribution in [1.29, 1.82) is 0 Å². The molecule has 17 heavy (non-hydrogen) atoms. The molecule has 0 aliphatic heterocycles. The smallest absolute Gasteiger partial charge is 0.156 e. The first-order chi connectivity index (χ1) is 8.31. The van der Waals surface area contributed by atoms with E-state index in [0.717, 1.165) is 5.69 Å². The third-order valence-corrected chi connectivity index (χ3v) is 2.33. The van der Waals surface area contributed by atoms with E-state index in [9.17, 15) is 4.79 Å². The maximum Gasteiger partial charge on any atom is 0.156 e. The minimum absolute atomic E-state index is 0.125. The normalized spacial score (nSPS) is 9.94. The molecule has 7 heteroatoms. The van der Waals surface area contributed by atoms with E-state index in [-0.39, 0.29) is 10.7 Å². The predicted octanol–water partition coefficient (Wildman–Crippen LogP) is 1.34. The SMILES string of the molecule is O=Cc1c(Cl)ncnc1NCc1ccncn1. The Balaban J connectivity index is 2.14. The van der Waals surface area contributed by atoms with Gasteiger partial charge < -0.3 is 5.32 Å². The summed E-state index contributed by atoms with van der Waals surface area (Å²) in [6.45, 7) is 0.427. The first-order valence-corrected chi connectivity index (χ1v) is 5.13. The molecule has 0 fully saturated rings. The molecule has 0 unspecified atom stereocenters. The lowest BCUT2D eigenvalue weighted by molar-refractivity contribution is 0.112. The fourth-order valence-electron chi connectivity index (χ4n) is 1.22. The first kappa shape index (κ1) is 11.4. The predicted molar refractivity (Wildman–Crippen MR) is 61.8 cm³/mol. The van der Waals surface area contributed by atoms with Gasteiger partial charge in [0.1, 0.15) is 23.6 Å². The molecule has 0 saturated carbocycles. The van der Waals surface area contributed by atoms with Crippen molar-refractivity contribution in [3.63, 3.8) is 0 Å². The lowest BCUT2D eigenvalue weighted by Gasteiger charge is -2.07. The average Bonchev–Trinajstić information content (AvgIpc) is 2.37. The van der Waals surface area contributed by atoms with E-state index in [0.29, 0.717) is 18.6 Å². The summed E-state index contributed by atoms with van der Waals surface area (Å²) >= 11 is 5.76. The van der Waals surface area contributed by atoms with E-state index in [1.165, 1.54) is 12.7 Å². The molecule has 1 N–H and O–H groups in total. The number of hydrogen-bond donors (Lipinski definition) is 1. The van der Waals surface area contributed by atoms with Crippen LogP contribution in [0.3, 0.4) is 0 Å². The monoisotopic (exact) mass is 249 g/mol. The zero-order valence-electron chi connectivity index (χ0n) is 8.67. The quantitative estimate of drug-likeness (QED) is 0.651. The number of halogens is 1. The number of nitrogens with zero attached hydrogens (tertiary/aromatic N) is 4. The highest BCUT2D eigenvalue weighted by Gasteiger charge is 2.08. The van der Waals surface area contributed by atoms with Gasteiger partial charge in [-0.1, -0.05) is 11.6 Å². The Bertz CT molecular complexity index is 519. The van der Waals surface area contributed by atoms with Gasteiger partial charge in [0.2, 0.25) is 0 Å². The van der Waals surface area contributed by atoms with Gasteiger partial charge in [-0.15, -0.1) is 0 Å². The van der Waals surface area contributed by atoms with Crippen molar-refractivity contribution >= 4 is 23.7 Å². The van der Waals surface area contributed by atoms with Crippen molar-refractivity contribution in [1.82, 2.24) is 19.9 Å². The Morgan fingerprint density at radius 1 is 1.29 bits per heavy atom. The van der Waals surface area contributed by atoms with Crippen LogP contribution in [0.2, 0.25) is 5.15 Å². The van der Waals surface area contributed by atoms with Gasteiger partial charge in [-0.25, -0.2) is 19.9 Å². The lowest BCUT2D eigenvalue weighted by atomic mass is 10.3. The second kappa shape index (κ2) is 5.31. The number of rotatable bonds is 4. The topological polar surface area (TPSA) is 80.7 Å². The summed E-state index contributed by atoms with van der Waals surface area (Å²) in [5, 5.41) is 3.09. The molecule has 0 aliphatic carbocycles. The third-order valence-electron chi connectivity index (χ3n) is 2.03. The lowest BCUT2D eigenvalue weighted by Crippen LogP contribution is -2.06. The molecule has 0 amide bonds. The molecule has 86 valence electrons. The van der Waals surface area contributed by atoms with Crippen LogP contribution in [0.4, 0.5) is 5.82 Å². The van der Waals surface area contributed by atoms with Gasteiger partial charge >= 0.3 is 0 Å². The Hall–Kier alpha value is -2.08. The molecule has 2 rings (SSSR count). The maximum absolute atomic E-state index is 10.8. The van der Waals surface area contributed by atoms with Crippen molar-refractivity contribution < 1.29 is 4.79 Å². The van der Waals surface area contributed by atoms with Crippen molar-refractivity contribution in [2.24, 2.45) is 0 Å². The largest absolute Gasteiger partial charge is 0.364 e. The molecule has 0 bridgehead atoms. The van der Waals surface area contributed by atoms with Crippen LogP contribution >= 0.6 is 11.6 Å². The second-order valence-corrected chi connectivity index (χ2v) is 3.46. The summed E-state index contributed by atoms with van der Waals surface area (Å²) in [5.74, 6) is 0.388. The highest BCUT2D eigenvalue weighted by molar-refractivity contribution is 6.32. The third kappa shape index (κ3) is 2.73. The maximum atomic E-state index is 10.8. The van der Waals surface area contributed by atoms with Crippen LogP contribution in [0, 0.1) is 0 Å². The Morgan fingerprint density at radius 2 is 2.18 bits per heavy atom. The van der Waals surface area contributed by atoms with Gasteiger partial charge in [-0.3, -0.25) is 4.79 Å². The number of aldehydes is 1. The zero-order chi connectivity index (χ0) is 12.1. The number of hydrogen-bond acceptors (Lipinski definition) is 6. The van der Waals surface area contributed by atoms with E-state index < -0.39 is 0 Å². The molecule has 2 heterocycles. The van der Waals surface area contributed by atoms with Crippen molar-refractivity contribution in [2.45, 2.75) is 6.54 Å². The van der Waals surface area contributed by atoms with Crippen LogP contribution < -0.4 is 5.32 Å². The minimum atomic E-state index is 0.125. The zero-order valence-corrected chi connectivity index (χ0v) is 9.42. The summed E-state index contributed by atoms with van der Waals surface area (Å²) in [7, 11) is 0. The fraction of sp³-hybridized carbons (Fsp3) is 0.100. The molecule has 2 aromatic rings. The minimum Gasteiger partial charge on any atom is -0.364 e. The van der Waals surface area contributed by atoms with Crippen molar-refractivity contribution in [3.05, 3.63) is 41.3 Å². The van der Waals surface area contributed by atoms with E-state index >= 15 is 0 Å². The molecule has 0 spiro atoms. The van der Waals surface area contributed by atoms with Gasteiger partial charge in [-0.05, 0) is 6.07 Å². The van der Waals surface area contributed by atoms with Crippen LogP contribution in [0.25, 0.3) is 0 Å². The van der Waals surface area contributed by atoms with E-state index in [1.807, 2.05) is 0 Å². The standard InChI is InChI=1S/C10H8ClN5O/c11-9-8(4-17)10(16-6-15-9)13-3-7-1-2-12-5-14-7/h1-2,4-6H,3H2,(H,13,15,16). The molecular weight excluding hydrogens is 242 g/mol. The molecular formula is C10H8ClN5O. The van der Waals surface area contributed by atoms with Gasteiger partial charge in [0.05, 0.1) is 17.8 Å². The Kier molecular flexibility index (Phi) is 3.56. The summed E-state index contributed by atoms with van der Waals surface area (Å²) in [6.07, 6.45) is 4.99. The highest BCUT2D eigenvalue weighted by atomic mass is 35.5. The van der Waals surface area contributed by atoms with E-state index in [2.05, 4.69) is 25.3 Å². The number of nitrogens with one attached hydrogen (secondary N) is 1. The summed E-state index contributed by atoms with van der Waals surface area (Å²) < 4.78 is 0. The van der Waals surface area contributed by atoms with Gasteiger partial charge in [0.25, 0.3) is 0 Å². The Morgan fingerprint density at radius 3 is 2.88 bits per heavy atom. The second-order valence-electron chi connectivity index (χ2n) is 3.10. The highest BCUT2D eigenvalue weighted by Crippen LogP contribution is 2.17. The molecule has 0 aliphatic rings. The number of carbonyl (C=O) groups excluding carboxylic acids is 1. The fourth-order valence-corrected chi connectivity index (χ4v) is 1.39. The van der Waals surface area contributed by atoms with Crippen molar-refractivity contribution in [3.8, 4) is 0 Å². The summed E-state index contributed by atoms with van der Waals surface area (Å²) in [6, 6.07) is 1.76. The first-order valence-electron chi connectivity index (χ1n) is 4.75. The average molecular weight is 250 g/mol. The van der Waals surface area contributed by atoms with E-state index in [1.54, 1.807) is 12.3 Å². The van der Waals surface area contributed by atoms with Crippen LogP contribution in [0.15, 0.2) is 24.9 Å². The van der Waals surface area contributed by atoms with Crippen molar-refractivity contribution in [2.75, 3.05) is 5.32 Å². The molecule has 6 nitrogen and oxygen atoms in total. The van der Waals surface area contributed by atoms with Gasteiger partial charge in [0.15, 0.2) is 6.29 Å².